The third kappa shape index (κ3) is 3.84. The van der Waals surface area contributed by atoms with Gasteiger partial charge in [-0.05, 0) is 55.3 Å². The lowest BCUT2D eigenvalue weighted by Gasteiger charge is -2.15. The van der Waals surface area contributed by atoms with Gasteiger partial charge >= 0.3 is 0 Å². The van der Waals surface area contributed by atoms with Crippen LogP contribution < -0.4 is 5.32 Å². The third-order valence-corrected chi connectivity index (χ3v) is 3.24. The summed E-state index contributed by atoms with van der Waals surface area (Å²) in [5.74, 6) is -0.207. The van der Waals surface area contributed by atoms with Gasteiger partial charge in [0.25, 0.3) is 0 Å². The van der Waals surface area contributed by atoms with Crippen LogP contribution in [0, 0.1) is 5.82 Å². The Hall–Kier alpha value is -1.35. The van der Waals surface area contributed by atoms with Gasteiger partial charge in [0.05, 0.1) is 0 Å². The Bertz CT molecular complexity index is 445. The number of nitrogens with one attached hydrogen (secondary N) is 1. The fourth-order valence-corrected chi connectivity index (χ4v) is 2.12. The normalized spacial score (nSPS) is 12.2. The molecule has 1 N–H and O–H groups in total. The number of hydrogen-bond acceptors (Lipinski definition) is 1. The molecular weight excluding hydrogens is 293 g/mol. The fourth-order valence-electron chi connectivity index (χ4n) is 1.86. The highest BCUT2D eigenvalue weighted by Gasteiger charge is 2.03. The first kappa shape index (κ1) is 13.1. The van der Waals surface area contributed by atoms with Crippen LogP contribution in [-0.2, 0) is 6.42 Å². The zero-order valence-electron chi connectivity index (χ0n) is 10.2. The molecule has 94 valence electrons. The molecule has 0 aromatic heterocycles. The van der Waals surface area contributed by atoms with Crippen molar-refractivity contribution in [3.05, 3.63) is 64.4 Å². The summed E-state index contributed by atoms with van der Waals surface area (Å²) in [4.78, 5) is 0. The molecule has 0 aliphatic carbocycles. The second-order valence-electron chi connectivity index (χ2n) is 4.38. The van der Waals surface area contributed by atoms with Crippen molar-refractivity contribution in [2.75, 3.05) is 5.32 Å². The smallest absolute Gasteiger partial charge is 0.123 e. The first-order valence-corrected chi connectivity index (χ1v) is 6.69. The van der Waals surface area contributed by atoms with Crippen LogP contribution in [-0.4, -0.2) is 6.04 Å². The summed E-state index contributed by atoms with van der Waals surface area (Å²) in [5.41, 5.74) is 2.22. The van der Waals surface area contributed by atoms with Gasteiger partial charge in [-0.2, -0.15) is 0 Å². The summed E-state index contributed by atoms with van der Waals surface area (Å²) in [7, 11) is 0. The van der Waals surface area contributed by atoms with E-state index in [4.69, 9.17) is 0 Å². The van der Waals surface area contributed by atoms with Gasteiger partial charge in [-0.15, -0.1) is 0 Å². The molecule has 0 fully saturated rings. The Kier molecular flexibility index (Phi) is 4.37. The lowest BCUT2D eigenvalue weighted by Crippen LogP contribution is -2.17. The Morgan fingerprint density at radius 1 is 1.06 bits per heavy atom. The van der Waals surface area contributed by atoms with E-state index in [0.717, 1.165) is 16.6 Å². The van der Waals surface area contributed by atoms with Crippen LogP contribution in [0.15, 0.2) is 53.0 Å². The molecule has 1 atom stereocenters. The molecule has 1 unspecified atom stereocenters. The van der Waals surface area contributed by atoms with Crippen LogP contribution in [0.4, 0.5) is 10.1 Å². The molecule has 2 aromatic carbocycles. The molecule has 1 nitrogen and oxygen atoms in total. The molecule has 0 radical (unpaired) electrons. The predicted molar refractivity (Wildman–Crippen MR) is 77.3 cm³/mol. The first-order valence-electron chi connectivity index (χ1n) is 5.90. The van der Waals surface area contributed by atoms with Crippen LogP contribution >= 0.6 is 15.9 Å². The van der Waals surface area contributed by atoms with E-state index in [1.54, 1.807) is 12.1 Å². The van der Waals surface area contributed by atoms with Crippen molar-refractivity contribution in [1.82, 2.24) is 0 Å². The number of hydrogen-bond donors (Lipinski definition) is 1. The van der Waals surface area contributed by atoms with Gasteiger partial charge in [-0.3, -0.25) is 0 Å². The highest BCUT2D eigenvalue weighted by Crippen LogP contribution is 2.14. The molecular formula is C15H15BrFN. The molecule has 0 amide bonds. The van der Waals surface area contributed by atoms with Crippen LogP contribution in [0.25, 0.3) is 0 Å². The topological polar surface area (TPSA) is 12.0 Å². The Balaban J connectivity index is 1.94. The first-order chi connectivity index (χ1) is 8.63. The van der Waals surface area contributed by atoms with Crippen LogP contribution in [0.5, 0.6) is 0 Å². The second-order valence-corrected chi connectivity index (χ2v) is 5.30. The standard InChI is InChI=1S/C15H15BrFN/c1-11(10-12-2-4-13(16)5-3-12)18-15-8-6-14(17)7-9-15/h2-9,11,18H,10H2,1H3. The molecule has 18 heavy (non-hydrogen) atoms. The van der Waals surface area contributed by atoms with Gasteiger partial charge in [-0.1, -0.05) is 28.1 Å². The van der Waals surface area contributed by atoms with Crippen molar-refractivity contribution >= 4 is 21.6 Å². The van der Waals surface area contributed by atoms with Gasteiger partial charge in [0.15, 0.2) is 0 Å². The summed E-state index contributed by atoms with van der Waals surface area (Å²) in [6.07, 6.45) is 0.935. The van der Waals surface area contributed by atoms with Crippen LogP contribution in [0.2, 0.25) is 0 Å². The van der Waals surface area contributed by atoms with E-state index in [1.165, 1.54) is 17.7 Å². The molecule has 0 bridgehead atoms. The quantitative estimate of drug-likeness (QED) is 0.868. The van der Waals surface area contributed by atoms with E-state index in [0.29, 0.717) is 6.04 Å². The van der Waals surface area contributed by atoms with E-state index in [1.807, 2.05) is 12.1 Å². The van der Waals surface area contributed by atoms with Gasteiger partial charge < -0.3 is 5.32 Å². The summed E-state index contributed by atoms with van der Waals surface area (Å²) in [6.45, 7) is 2.12. The molecule has 0 aliphatic rings. The monoisotopic (exact) mass is 307 g/mol. The summed E-state index contributed by atoms with van der Waals surface area (Å²) in [5, 5.41) is 3.35. The molecule has 0 saturated heterocycles. The molecule has 0 spiro atoms. The van der Waals surface area contributed by atoms with E-state index in [-0.39, 0.29) is 5.82 Å². The molecule has 2 aromatic rings. The van der Waals surface area contributed by atoms with Crippen molar-refractivity contribution in [3.63, 3.8) is 0 Å². The maximum atomic E-state index is 12.8. The zero-order chi connectivity index (χ0) is 13.0. The van der Waals surface area contributed by atoms with Crippen molar-refractivity contribution < 1.29 is 4.39 Å². The van der Waals surface area contributed by atoms with Gasteiger partial charge in [-0.25, -0.2) is 4.39 Å². The average molecular weight is 308 g/mol. The summed E-state index contributed by atoms with van der Waals surface area (Å²) < 4.78 is 13.9. The SMILES string of the molecule is CC(Cc1ccc(Br)cc1)Nc1ccc(F)cc1. The molecule has 0 heterocycles. The van der Waals surface area contributed by atoms with E-state index in [9.17, 15) is 4.39 Å². The highest BCUT2D eigenvalue weighted by atomic mass is 79.9. The van der Waals surface area contributed by atoms with Gasteiger partial charge in [0.2, 0.25) is 0 Å². The second kappa shape index (κ2) is 6.01. The minimum atomic E-state index is -0.207. The minimum absolute atomic E-state index is 0.207. The van der Waals surface area contributed by atoms with E-state index in [2.05, 4.69) is 40.3 Å². The van der Waals surface area contributed by atoms with Gasteiger partial charge in [0.1, 0.15) is 5.82 Å². The molecule has 2 rings (SSSR count). The van der Waals surface area contributed by atoms with E-state index < -0.39 is 0 Å². The van der Waals surface area contributed by atoms with E-state index >= 15 is 0 Å². The predicted octanol–water partition coefficient (Wildman–Crippen LogP) is 4.63. The van der Waals surface area contributed by atoms with Crippen LogP contribution in [0.3, 0.4) is 0 Å². The number of halogens is 2. The van der Waals surface area contributed by atoms with Crippen molar-refractivity contribution in [3.8, 4) is 0 Å². The van der Waals surface area contributed by atoms with Crippen molar-refractivity contribution in [2.24, 2.45) is 0 Å². The lowest BCUT2D eigenvalue weighted by molar-refractivity contribution is 0.628. The highest BCUT2D eigenvalue weighted by molar-refractivity contribution is 9.10. The average Bonchev–Trinajstić information content (AvgIpc) is 2.35. The lowest BCUT2D eigenvalue weighted by atomic mass is 10.1. The summed E-state index contributed by atoms with van der Waals surface area (Å²) >= 11 is 3.42. The van der Waals surface area contributed by atoms with Gasteiger partial charge in [0, 0.05) is 16.2 Å². The minimum Gasteiger partial charge on any atom is -0.382 e. The Morgan fingerprint density at radius 3 is 2.28 bits per heavy atom. The fraction of sp³-hybridized carbons (Fsp3) is 0.200. The Labute approximate surface area is 115 Å². The molecule has 3 heteroatoms. The number of anilines is 1. The molecule has 0 saturated carbocycles. The maximum Gasteiger partial charge on any atom is 0.123 e. The third-order valence-electron chi connectivity index (χ3n) is 2.71. The maximum absolute atomic E-state index is 12.8. The number of benzene rings is 2. The largest absolute Gasteiger partial charge is 0.382 e. The zero-order valence-corrected chi connectivity index (χ0v) is 11.7. The Morgan fingerprint density at radius 2 is 1.67 bits per heavy atom. The summed E-state index contributed by atoms with van der Waals surface area (Å²) in [6, 6.07) is 15.0. The van der Waals surface area contributed by atoms with Crippen LogP contribution in [0.1, 0.15) is 12.5 Å². The van der Waals surface area contributed by atoms with Crippen molar-refractivity contribution in [2.45, 2.75) is 19.4 Å². The van der Waals surface area contributed by atoms with Crippen molar-refractivity contribution in [1.29, 1.82) is 0 Å². The number of rotatable bonds is 4. The molecule has 0 aliphatic heterocycles.